The van der Waals surface area contributed by atoms with Gasteiger partial charge in [-0.15, -0.1) is 0 Å². The van der Waals surface area contributed by atoms with E-state index in [0.29, 0.717) is 0 Å². The van der Waals surface area contributed by atoms with Crippen LogP contribution in [0, 0.1) is 0 Å². The monoisotopic (exact) mass is 434 g/mol. The van der Waals surface area contributed by atoms with Gasteiger partial charge in [0, 0.05) is 21.3 Å². The molecule has 150 valence electrons. The first-order chi connectivity index (χ1) is 13.1. The standard InChI is InChI=1S/C18H15Cl2F3N2O3/c1-2-28-16(27)17(18(21,22)23,24-14-8-6-12(19)7-9-14)25-15(26)11-4-3-5-13(20)10-11/h3-10,24H,2H2,1H3,(H,25,26)/t17-/m0/s1. The van der Waals surface area contributed by atoms with E-state index in [9.17, 15) is 22.8 Å². The van der Waals surface area contributed by atoms with Gasteiger partial charge in [-0.3, -0.25) is 4.79 Å². The molecular formula is C18H15Cl2F3N2O3. The molecule has 0 aromatic heterocycles. The Hall–Kier alpha value is -2.45. The molecule has 0 aliphatic rings. The highest BCUT2D eigenvalue weighted by molar-refractivity contribution is 6.31. The van der Waals surface area contributed by atoms with Crippen molar-refractivity contribution in [3.63, 3.8) is 0 Å². The van der Waals surface area contributed by atoms with Crippen LogP contribution in [0.15, 0.2) is 48.5 Å². The zero-order valence-corrected chi connectivity index (χ0v) is 16.0. The number of rotatable bonds is 6. The van der Waals surface area contributed by atoms with E-state index in [1.165, 1.54) is 55.5 Å². The number of hydrogen-bond acceptors (Lipinski definition) is 4. The predicted molar refractivity (Wildman–Crippen MR) is 99.4 cm³/mol. The number of amides is 1. The zero-order valence-electron chi connectivity index (χ0n) is 14.4. The molecule has 1 atom stereocenters. The second-order valence-corrected chi connectivity index (χ2v) is 6.44. The molecule has 2 aromatic carbocycles. The summed E-state index contributed by atoms with van der Waals surface area (Å²) in [5.41, 5.74) is -3.81. The van der Waals surface area contributed by atoms with Crippen LogP contribution in [0.4, 0.5) is 18.9 Å². The number of esters is 1. The van der Waals surface area contributed by atoms with Crippen LogP contribution in [0.25, 0.3) is 0 Å². The highest BCUT2D eigenvalue weighted by Crippen LogP contribution is 2.34. The SMILES string of the molecule is CCOC(=O)[C@@](NC(=O)c1cccc(Cl)c1)(Nc1ccc(Cl)cc1)C(F)(F)F. The fourth-order valence-electron chi connectivity index (χ4n) is 2.25. The largest absolute Gasteiger partial charge is 0.463 e. The van der Waals surface area contributed by atoms with Gasteiger partial charge in [-0.25, -0.2) is 4.79 Å². The van der Waals surface area contributed by atoms with E-state index in [1.807, 2.05) is 5.32 Å². The van der Waals surface area contributed by atoms with Crippen LogP contribution in [-0.4, -0.2) is 30.3 Å². The summed E-state index contributed by atoms with van der Waals surface area (Å²) in [6, 6.07) is 10.4. The topological polar surface area (TPSA) is 67.4 Å². The van der Waals surface area contributed by atoms with Gasteiger partial charge in [-0.05, 0) is 49.4 Å². The maximum absolute atomic E-state index is 14.0. The number of ether oxygens (including phenoxy) is 1. The van der Waals surface area contributed by atoms with Crippen molar-refractivity contribution in [1.29, 1.82) is 0 Å². The molecule has 2 aromatic rings. The fourth-order valence-corrected chi connectivity index (χ4v) is 2.57. The summed E-state index contributed by atoms with van der Waals surface area (Å²) in [4.78, 5) is 24.8. The zero-order chi connectivity index (χ0) is 20.9. The van der Waals surface area contributed by atoms with Crippen LogP contribution >= 0.6 is 23.2 Å². The molecule has 0 saturated heterocycles. The third kappa shape index (κ3) is 4.88. The minimum atomic E-state index is -5.24. The third-order valence-electron chi connectivity index (χ3n) is 3.57. The smallest absolute Gasteiger partial charge is 0.441 e. The number of alkyl halides is 3. The molecule has 0 spiro atoms. The van der Waals surface area contributed by atoms with Gasteiger partial charge in [0.25, 0.3) is 5.91 Å². The molecule has 0 heterocycles. The van der Waals surface area contributed by atoms with E-state index in [4.69, 9.17) is 23.2 Å². The molecule has 0 bridgehead atoms. The summed E-state index contributed by atoms with van der Waals surface area (Å²) in [6.07, 6.45) is -5.24. The van der Waals surface area contributed by atoms with E-state index in [0.717, 1.165) is 0 Å². The molecule has 2 N–H and O–H groups in total. The Bertz CT molecular complexity index is 860. The number of benzene rings is 2. The van der Waals surface area contributed by atoms with Crippen LogP contribution in [0.2, 0.25) is 10.0 Å². The normalized spacial score (nSPS) is 13.4. The minimum absolute atomic E-state index is 0.110. The highest BCUT2D eigenvalue weighted by atomic mass is 35.5. The maximum atomic E-state index is 14.0. The summed E-state index contributed by atoms with van der Waals surface area (Å²) < 4.78 is 46.7. The van der Waals surface area contributed by atoms with E-state index < -0.39 is 23.7 Å². The van der Waals surface area contributed by atoms with Crippen molar-refractivity contribution >= 4 is 40.8 Å². The molecule has 10 heteroatoms. The van der Waals surface area contributed by atoms with E-state index in [1.54, 1.807) is 5.32 Å². The number of carbonyl (C=O) groups excluding carboxylic acids is 2. The molecule has 1 amide bonds. The molecule has 0 unspecified atom stereocenters. The van der Waals surface area contributed by atoms with Crippen molar-refractivity contribution in [1.82, 2.24) is 5.32 Å². The Balaban J connectivity index is 2.50. The van der Waals surface area contributed by atoms with Gasteiger partial charge < -0.3 is 15.4 Å². The van der Waals surface area contributed by atoms with E-state index in [2.05, 4.69) is 4.74 Å². The van der Waals surface area contributed by atoms with Gasteiger partial charge in [0.15, 0.2) is 0 Å². The molecular weight excluding hydrogens is 420 g/mol. The first-order valence-corrected chi connectivity index (χ1v) is 8.70. The number of hydrogen-bond donors (Lipinski definition) is 2. The van der Waals surface area contributed by atoms with Gasteiger partial charge >= 0.3 is 17.8 Å². The Morgan fingerprint density at radius 3 is 2.21 bits per heavy atom. The van der Waals surface area contributed by atoms with Crippen molar-refractivity contribution < 1.29 is 27.5 Å². The molecule has 0 saturated carbocycles. The summed E-state index contributed by atoms with van der Waals surface area (Å²) >= 11 is 11.5. The predicted octanol–water partition coefficient (Wildman–Crippen LogP) is 4.66. The van der Waals surface area contributed by atoms with Crippen molar-refractivity contribution in [3.8, 4) is 0 Å². The number of halogens is 5. The molecule has 0 radical (unpaired) electrons. The van der Waals surface area contributed by atoms with Gasteiger partial charge in [-0.1, -0.05) is 29.3 Å². The Morgan fingerprint density at radius 1 is 1.04 bits per heavy atom. The molecule has 0 fully saturated rings. The Morgan fingerprint density at radius 2 is 1.68 bits per heavy atom. The third-order valence-corrected chi connectivity index (χ3v) is 4.06. The second kappa shape index (κ2) is 8.70. The first kappa shape index (κ1) is 21.8. The van der Waals surface area contributed by atoms with Gasteiger partial charge in [0.1, 0.15) is 0 Å². The number of carbonyl (C=O) groups is 2. The summed E-state index contributed by atoms with van der Waals surface area (Å²) in [6.45, 7) is 1.02. The minimum Gasteiger partial charge on any atom is -0.463 e. The van der Waals surface area contributed by atoms with Crippen LogP contribution in [0.1, 0.15) is 17.3 Å². The number of anilines is 1. The molecule has 28 heavy (non-hydrogen) atoms. The molecule has 2 rings (SSSR count). The van der Waals surface area contributed by atoms with Crippen LogP contribution in [0.3, 0.4) is 0 Å². The fraction of sp³-hybridized carbons (Fsp3) is 0.222. The first-order valence-electron chi connectivity index (χ1n) is 7.95. The van der Waals surface area contributed by atoms with Crippen molar-refractivity contribution in [3.05, 3.63) is 64.1 Å². The second-order valence-electron chi connectivity index (χ2n) is 5.56. The average molecular weight is 435 g/mol. The lowest BCUT2D eigenvalue weighted by Gasteiger charge is -2.35. The van der Waals surface area contributed by atoms with Crippen LogP contribution in [-0.2, 0) is 9.53 Å². The van der Waals surface area contributed by atoms with Gasteiger partial charge in [0.05, 0.1) is 6.61 Å². The van der Waals surface area contributed by atoms with Gasteiger partial charge in [0.2, 0.25) is 0 Å². The summed E-state index contributed by atoms with van der Waals surface area (Å²) in [5.74, 6) is -2.89. The Labute approximate surface area is 168 Å². The Kier molecular flexibility index (Phi) is 6.79. The highest BCUT2D eigenvalue weighted by Gasteiger charge is 2.63. The quantitative estimate of drug-likeness (QED) is 0.512. The van der Waals surface area contributed by atoms with Crippen LogP contribution < -0.4 is 10.6 Å². The lowest BCUT2D eigenvalue weighted by atomic mass is 10.1. The van der Waals surface area contributed by atoms with Gasteiger partial charge in [-0.2, -0.15) is 13.2 Å². The summed E-state index contributed by atoms with van der Waals surface area (Å²) in [7, 11) is 0. The lowest BCUT2D eigenvalue weighted by Crippen LogP contribution is -2.69. The van der Waals surface area contributed by atoms with E-state index >= 15 is 0 Å². The molecule has 0 aliphatic carbocycles. The van der Waals surface area contributed by atoms with Crippen molar-refractivity contribution in [2.75, 3.05) is 11.9 Å². The molecule has 0 aliphatic heterocycles. The average Bonchev–Trinajstić information content (AvgIpc) is 2.62. The number of nitrogens with one attached hydrogen (secondary N) is 2. The van der Waals surface area contributed by atoms with Crippen LogP contribution in [0.5, 0.6) is 0 Å². The summed E-state index contributed by atoms with van der Waals surface area (Å²) in [5, 5.41) is 4.18. The molecule has 5 nitrogen and oxygen atoms in total. The maximum Gasteiger partial charge on any atom is 0.441 e. The van der Waals surface area contributed by atoms with Crippen molar-refractivity contribution in [2.24, 2.45) is 0 Å². The lowest BCUT2D eigenvalue weighted by molar-refractivity contribution is -0.204. The van der Waals surface area contributed by atoms with Crippen molar-refractivity contribution in [2.45, 2.75) is 18.8 Å². The van der Waals surface area contributed by atoms with E-state index in [-0.39, 0.29) is 27.9 Å².